The molecule has 0 radical (unpaired) electrons. The topological polar surface area (TPSA) is 187 Å². The number of carbonyl (C=O) groups is 3. The van der Waals surface area contributed by atoms with E-state index in [4.69, 9.17) is 54.3 Å². The van der Waals surface area contributed by atoms with Crippen molar-refractivity contribution in [2.45, 2.75) is 75.5 Å². The van der Waals surface area contributed by atoms with Gasteiger partial charge in [0.2, 0.25) is 5.23 Å². The molecule has 0 aromatic heterocycles. The number of thiocarbonyl (C=S) groups is 3. The van der Waals surface area contributed by atoms with Gasteiger partial charge in [-0.05, 0) is 176 Å². The van der Waals surface area contributed by atoms with Gasteiger partial charge in [0.1, 0.15) is 24.7 Å². The maximum absolute atomic E-state index is 11.9. The van der Waals surface area contributed by atoms with Gasteiger partial charge in [0.05, 0.1) is 10.8 Å². The summed E-state index contributed by atoms with van der Waals surface area (Å²) in [7, 11) is 0. The number of nitrogen functional groups attached to an aromatic ring is 1. The van der Waals surface area contributed by atoms with Gasteiger partial charge in [-0.2, -0.15) is 13.5 Å². The lowest BCUT2D eigenvalue weighted by Gasteiger charge is -2.16. The van der Waals surface area contributed by atoms with E-state index in [9.17, 15) is 19.5 Å². The van der Waals surface area contributed by atoms with E-state index in [-0.39, 0.29) is 31.0 Å². The number of hydrogen-bond acceptors (Lipinski definition) is 12. The van der Waals surface area contributed by atoms with Crippen molar-refractivity contribution in [3.63, 3.8) is 0 Å². The lowest BCUT2D eigenvalue weighted by Crippen LogP contribution is -2.25. The number of aliphatic carboxylic acids is 1. The monoisotopic (exact) mass is 1040 g/mol. The highest BCUT2D eigenvalue weighted by Gasteiger charge is 2.23. The maximum atomic E-state index is 11.9. The Morgan fingerprint density at radius 1 is 0.634 bits per heavy atom. The third kappa shape index (κ3) is 31.0. The zero-order chi connectivity index (χ0) is 52.9. The molecule has 0 amide bonds. The molecule has 0 unspecified atom stereocenters. The molecule has 16 heteroatoms. The number of aryl methyl sites for hydroxylation is 3. The van der Waals surface area contributed by atoms with Crippen molar-refractivity contribution in [3.05, 3.63) is 186 Å². The highest BCUT2D eigenvalue weighted by atomic mass is 32.1. The molecule has 0 saturated carbocycles. The zero-order valence-electron chi connectivity index (χ0n) is 41.5. The van der Waals surface area contributed by atoms with Gasteiger partial charge in [-0.3, -0.25) is 14.4 Å². The molecule has 12 nitrogen and oxygen atoms in total. The van der Waals surface area contributed by atoms with E-state index in [1.54, 1.807) is 69.3 Å². The molecule has 6 N–H and O–H groups in total. The standard InChI is InChI=1S/C20H23NO3S.C15H15NO2S.C7H9N.C7H6O.C5H10O2.COS.H2S/c1-14-5-9-16(10-6-14)21-19(25)23-13-15-7-11-17(12-8-15)24-18(22)20(2,3)4;1-11-2-6-13(7-3-11)16-15(19)18-10-12-4-8-14(17)9-5-12;2*1-6-2-4-7(8)5-3-6;1-5(2,3)4(6)7;2-1-3;/h5-12H,13H2,1-4H3,(H,21,25);2-9,17H,10H2,1H3,(H,16,19);2-5H,8H2,1H3;2-5H,1H2;1-3H3,(H,6,7);;1H2. The number of phenolic OH excluding ortho intramolecular Hbond substituents is 1. The zero-order valence-corrected chi connectivity index (χ0v) is 45.0. The van der Waals surface area contributed by atoms with Crippen LogP contribution in [0.5, 0.6) is 11.5 Å². The van der Waals surface area contributed by atoms with Crippen LogP contribution < -0.4 is 21.1 Å². The quantitative estimate of drug-likeness (QED) is 0.0448. The van der Waals surface area contributed by atoms with Crippen molar-refractivity contribution < 1.29 is 43.6 Å². The van der Waals surface area contributed by atoms with Gasteiger partial charge in [0.25, 0.3) is 10.3 Å². The van der Waals surface area contributed by atoms with Gasteiger partial charge in [0, 0.05) is 29.3 Å². The SMILES string of the molecule is C=C1C=CC(=O)C=C1.CC(C)(C)C(=O)O.Cc1ccc(N)cc1.Cc1ccc(NC(=S)OCc2ccc(O)cc2)cc1.Cc1ccc(NC(=S)OCc2ccc(OC(=O)C(C)(C)C)cc2)cc1.O=C=S.S. The molecule has 6 rings (SSSR count). The van der Waals surface area contributed by atoms with Crippen molar-refractivity contribution in [2.75, 3.05) is 16.4 Å². The first kappa shape index (κ1) is 64.1. The van der Waals surface area contributed by atoms with Crippen LogP contribution in [0.25, 0.3) is 0 Å². The van der Waals surface area contributed by atoms with Gasteiger partial charge in [0.15, 0.2) is 5.78 Å². The molecule has 0 atom stereocenters. The minimum atomic E-state index is -0.757. The van der Waals surface area contributed by atoms with Crippen LogP contribution in [0.1, 0.15) is 69.4 Å². The summed E-state index contributed by atoms with van der Waals surface area (Å²) < 4.78 is 16.3. The van der Waals surface area contributed by atoms with Crippen LogP contribution in [-0.4, -0.2) is 43.5 Å². The lowest BCUT2D eigenvalue weighted by atomic mass is 9.97. The second-order valence-electron chi connectivity index (χ2n) is 17.3. The van der Waals surface area contributed by atoms with Crippen LogP contribution in [0.4, 0.5) is 17.1 Å². The number of carboxylic acids is 1. The van der Waals surface area contributed by atoms with Crippen LogP contribution >= 0.6 is 50.1 Å². The molecule has 71 heavy (non-hydrogen) atoms. The highest BCUT2D eigenvalue weighted by molar-refractivity contribution is 7.80. The second-order valence-corrected chi connectivity index (χ2v) is 18.2. The number of rotatable bonds is 7. The fourth-order valence-corrected chi connectivity index (χ4v) is 4.79. The van der Waals surface area contributed by atoms with Crippen molar-refractivity contribution in [2.24, 2.45) is 10.8 Å². The molecule has 378 valence electrons. The number of hydrogen-bond donors (Lipinski definition) is 5. The largest absolute Gasteiger partial charge is 0.508 e. The number of aromatic hydroxyl groups is 1. The Bertz CT molecular complexity index is 2480. The number of benzene rings is 5. The smallest absolute Gasteiger partial charge is 0.316 e. The number of carboxylic acid groups (broad SMARTS) is 1. The molecule has 1 aliphatic rings. The number of esters is 1. The van der Waals surface area contributed by atoms with Crippen LogP contribution in [0.3, 0.4) is 0 Å². The highest BCUT2D eigenvalue weighted by Crippen LogP contribution is 2.20. The van der Waals surface area contributed by atoms with E-state index in [0.29, 0.717) is 29.3 Å². The Labute approximate surface area is 441 Å². The molecule has 0 bridgehead atoms. The molecular formula is C55H65N3O9S4. The van der Waals surface area contributed by atoms with Crippen molar-refractivity contribution in [1.82, 2.24) is 0 Å². The summed E-state index contributed by atoms with van der Waals surface area (Å²) in [6, 6.07) is 37.6. The summed E-state index contributed by atoms with van der Waals surface area (Å²) in [6.45, 7) is 20.9. The number of nitrogens with two attached hydrogens (primary N) is 1. The fourth-order valence-electron chi connectivity index (χ4n) is 4.44. The fraction of sp³-hybridized carbons (Fsp3) is 0.236. The molecule has 0 spiro atoms. The number of phenols is 1. The summed E-state index contributed by atoms with van der Waals surface area (Å²) in [4.78, 5) is 40.8. The van der Waals surface area contributed by atoms with Gasteiger partial charge in [-0.1, -0.05) is 96.1 Å². The number of ether oxygens (including phenoxy) is 3. The average Bonchev–Trinajstić information content (AvgIpc) is 3.30. The number of carbonyl (C=O) groups excluding carboxylic acids is 3. The Kier molecular flexibility index (Phi) is 30.3. The Hall–Kier alpha value is -6.94. The first-order chi connectivity index (χ1) is 32.8. The Balaban J connectivity index is 0.000000929. The molecule has 0 saturated heterocycles. The summed E-state index contributed by atoms with van der Waals surface area (Å²) in [5.74, 6) is -0.224. The summed E-state index contributed by atoms with van der Waals surface area (Å²) >= 11 is 13.9. The minimum absolute atomic E-state index is 0. The third-order valence-electron chi connectivity index (χ3n) is 8.66. The summed E-state index contributed by atoms with van der Waals surface area (Å²) in [5.41, 5.74) is 13.3. The predicted molar refractivity (Wildman–Crippen MR) is 303 cm³/mol. The van der Waals surface area contributed by atoms with E-state index in [2.05, 4.69) is 29.4 Å². The van der Waals surface area contributed by atoms with Crippen molar-refractivity contribution in [3.8, 4) is 11.5 Å². The molecule has 5 aromatic carbocycles. The van der Waals surface area contributed by atoms with Crippen molar-refractivity contribution >= 4 is 101 Å². The molecular weight excluding hydrogens is 975 g/mol. The van der Waals surface area contributed by atoms with Crippen LogP contribution in [-0.2, 0) is 41.9 Å². The normalized spacial score (nSPS) is 10.7. The molecule has 0 heterocycles. The van der Waals surface area contributed by atoms with Crippen LogP contribution in [0, 0.1) is 31.6 Å². The number of nitrogens with one attached hydrogen (secondary N) is 2. The maximum Gasteiger partial charge on any atom is 0.316 e. The van der Waals surface area contributed by atoms with Crippen LogP contribution in [0.2, 0.25) is 0 Å². The van der Waals surface area contributed by atoms with E-state index in [0.717, 1.165) is 39.0 Å². The average molecular weight is 1040 g/mol. The number of anilines is 3. The number of ketones is 1. The summed E-state index contributed by atoms with van der Waals surface area (Å²) in [5, 5.41) is 25.2. The van der Waals surface area contributed by atoms with Crippen molar-refractivity contribution in [1.29, 1.82) is 0 Å². The Morgan fingerprint density at radius 2 is 0.972 bits per heavy atom. The van der Waals surface area contributed by atoms with Gasteiger partial charge >= 0.3 is 11.9 Å². The molecule has 1 aliphatic carbocycles. The van der Waals surface area contributed by atoms with E-state index in [1.807, 2.05) is 126 Å². The van der Waals surface area contributed by atoms with Gasteiger partial charge in [-0.25, -0.2) is 4.79 Å². The minimum Gasteiger partial charge on any atom is -0.508 e. The van der Waals surface area contributed by atoms with Gasteiger partial charge in [-0.15, -0.1) is 0 Å². The van der Waals surface area contributed by atoms with Gasteiger partial charge < -0.3 is 40.8 Å². The van der Waals surface area contributed by atoms with E-state index in [1.165, 1.54) is 28.8 Å². The Morgan fingerprint density at radius 3 is 1.28 bits per heavy atom. The number of allylic oxidation sites excluding steroid dienone is 5. The first-order valence-corrected chi connectivity index (χ1v) is 22.8. The predicted octanol–water partition coefficient (Wildman–Crippen LogP) is 12.8. The molecule has 0 aliphatic heterocycles. The third-order valence-corrected chi connectivity index (χ3v) is 9.10. The second kappa shape index (κ2) is 33.6. The summed E-state index contributed by atoms with van der Waals surface area (Å²) in [6.07, 6.45) is 6.40. The van der Waals surface area contributed by atoms with Crippen LogP contribution in [0.15, 0.2) is 158 Å². The van der Waals surface area contributed by atoms with E-state index < -0.39 is 16.8 Å². The first-order valence-electron chi connectivity index (χ1n) is 21.5. The van der Waals surface area contributed by atoms with E-state index >= 15 is 0 Å². The lowest BCUT2D eigenvalue weighted by molar-refractivity contribution is -0.146. The molecule has 5 aromatic rings. The molecule has 0 fully saturated rings.